The van der Waals surface area contributed by atoms with Gasteiger partial charge in [-0.3, -0.25) is 4.79 Å². The van der Waals surface area contributed by atoms with Crippen LogP contribution in [0.5, 0.6) is 0 Å². The van der Waals surface area contributed by atoms with Crippen LogP contribution in [0.2, 0.25) is 0 Å². The number of carbonyl (C=O) groups is 2. The molecule has 0 saturated carbocycles. The van der Waals surface area contributed by atoms with Crippen LogP contribution in [0.4, 0.5) is 0 Å². The normalized spacial score (nSPS) is 11.5. The highest BCUT2D eigenvalue weighted by molar-refractivity contribution is 5.81. The molecule has 0 aliphatic rings. The van der Waals surface area contributed by atoms with E-state index in [-0.39, 0.29) is 17.4 Å². The molecule has 0 saturated heterocycles. The summed E-state index contributed by atoms with van der Waals surface area (Å²) in [6.07, 6.45) is 4.82. The van der Waals surface area contributed by atoms with Gasteiger partial charge < -0.3 is 9.47 Å². The molecule has 4 heteroatoms. The van der Waals surface area contributed by atoms with Gasteiger partial charge in [0.25, 0.3) is 0 Å². The molecule has 17 heavy (non-hydrogen) atoms. The molecule has 0 aromatic carbocycles. The number of hydrogen-bond acceptors (Lipinski definition) is 4. The Labute approximate surface area is 103 Å². The summed E-state index contributed by atoms with van der Waals surface area (Å²) in [5.41, 5.74) is -0.0787. The standard InChI is InChI=1S/C13H22O4/c1-5-16-12(15)8-6-7-9-13(3,4)10-17-11(2)14/h6,8H,5,7,9-10H2,1-4H3/b8-6-. The molecule has 0 bridgehead atoms. The minimum atomic E-state index is -0.315. The van der Waals surface area contributed by atoms with Gasteiger partial charge in [-0.05, 0) is 25.2 Å². The molecule has 0 unspecified atom stereocenters. The maximum atomic E-state index is 11.0. The molecular weight excluding hydrogens is 220 g/mol. The van der Waals surface area contributed by atoms with Crippen molar-refractivity contribution >= 4 is 11.9 Å². The van der Waals surface area contributed by atoms with E-state index in [0.717, 1.165) is 12.8 Å². The molecule has 0 aromatic heterocycles. The molecule has 0 heterocycles. The van der Waals surface area contributed by atoms with Crippen molar-refractivity contribution in [2.45, 2.75) is 40.5 Å². The molecule has 0 aliphatic heterocycles. The molecule has 0 fully saturated rings. The second kappa shape index (κ2) is 7.87. The van der Waals surface area contributed by atoms with Crippen LogP contribution in [0.3, 0.4) is 0 Å². The number of rotatable bonds is 7. The van der Waals surface area contributed by atoms with Gasteiger partial charge in [0.15, 0.2) is 0 Å². The number of hydrogen-bond donors (Lipinski definition) is 0. The summed E-state index contributed by atoms with van der Waals surface area (Å²) in [5.74, 6) is -0.578. The second-order valence-corrected chi connectivity index (χ2v) is 4.64. The first-order chi connectivity index (χ1) is 7.87. The predicted octanol–water partition coefficient (Wildman–Crippen LogP) is 2.48. The highest BCUT2D eigenvalue weighted by Gasteiger charge is 2.18. The first kappa shape index (κ1) is 15.7. The third-order valence-electron chi connectivity index (χ3n) is 2.19. The van der Waals surface area contributed by atoms with Crippen LogP contribution in [0.15, 0.2) is 12.2 Å². The van der Waals surface area contributed by atoms with E-state index in [1.165, 1.54) is 13.0 Å². The van der Waals surface area contributed by atoms with Crippen LogP contribution in [0.25, 0.3) is 0 Å². The summed E-state index contributed by atoms with van der Waals surface area (Å²) in [6.45, 7) is 8.00. The van der Waals surface area contributed by atoms with E-state index in [1.807, 2.05) is 13.8 Å². The molecule has 0 N–H and O–H groups in total. The zero-order chi connectivity index (χ0) is 13.3. The molecule has 0 rings (SSSR count). The molecule has 0 spiro atoms. The lowest BCUT2D eigenvalue weighted by Crippen LogP contribution is -2.20. The highest BCUT2D eigenvalue weighted by Crippen LogP contribution is 2.22. The number of allylic oxidation sites excluding steroid dienone is 1. The first-order valence-corrected chi connectivity index (χ1v) is 5.84. The van der Waals surface area contributed by atoms with Crippen molar-refractivity contribution in [2.24, 2.45) is 5.41 Å². The van der Waals surface area contributed by atoms with Crippen LogP contribution < -0.4 is 0 Å². The Morgan fingerprint density at radius 2 is 1.88 bits per heavy atom. The van der Waals surface area contributed by atoms with E-state index in [0.29, 0.717) is 13.2 Å². The summed E-state index contributed by atoms with van der Waals surface area (Å²) in [5, 5.41) is 0. The Kier molecular flexibility index (Phi) is 7.26. The van der Waals surface area contributed by atoms with Crippen molar-refractivity contribution in [3.05, 3.63) is 12.2 Å². The summed E-state index contributed by atoms with van der Waals surface area (Å²) < 4.78 is 9.73. The van der Waals surface area contributed by atoms with Crippen molar-refractivity contribution in [2.75, 3.05) is 13.2 Å². The summed E-state index contributed by atoms with van der Waals surface area (Å²) in [4.78, 5) is 21.7. The third-order valence-corrected chi connectivity index (χ3v) is 2.19. The highest BCUT2D eigenvalue weighted by atomic mass is 16.5. The van der Waals surface area contributed by atoms with Crippen molar-refractivity contribution in [1.29, 1.82) is 0 Å². The largest absolute Gasteiger partial charge is 0.465 e. The quantitative estimate of drug-likeness (QED) is 0.508. The van der Waals surface area contributed by atoms with Crippen molar-refractivity contribution in [3.63, 3.8) is 0 Å². The summed E-state index contributed by atoms with van der Waals surface area (Å²) in [6, 6.07) is 0. The summed E-state index contributed by atoms with van der Waals surface area (Å²) >= 11 is 0. The Bertz CT molecular complexity index is 279. The topological polar surface area (TPSA) is 52.6 Å². The molecule has 4 nitrogen and oxygen atoms in total. The molecule has 0 atom stereocenters. The molecule has 0 radical (unpaired) electrons. The van der Waals surface area contributed by atoms with Crippen LogP contribution in [0, 0.1) is 5.41 Å². The van der Waals surface area contributed by atoms with Gasteiger partial charge in [0, 0.05) is 13.0 Å². The first-order valence-electron chi connectivity index (χ1n) is 5.84. The van der Waals surface area contributed by atoms with E-state index in [2.05, 4.69) is 0 Å². The lowest BCUT2D eigenvalue weighted by molar-refractivity contribution is -0.144. The average Bonchev–Trinajstić information content (AvgIpc) is 2.22. The van der Waals surface area contributed by atoms with Gasteiger partial charge in [0.2, 0.25) is 0 Å². The van der Waals surface area contributed by atoms with Crippen LogP contribution in [-0.4, -0.2) is 25.2 Å². The fourth-order valence-electron chi connectivity index (χ4n) is 1.21. The molecule has 0 aliphatic carbocycles. The third kappa shape index (κ3) is 9.60. The van der Waals surface area contributed by atoms with E-state index >= 15 is 0 Å². The fourth-order valence-corrected chi connectivity index (χ4v) is 1.21. The van der Waals surface area contributed by atoms with E-state index in [9.17, 15) is 9.59 Å². The SMILES string of the molecule is CCOC(=O)/C=C\CCC(C)(C)COC(C)=O. The summed E-state index contributed by atoms with van der Waals surface area (Å²) in [7, 11) is 0. The second-order valence-electron chi connectivity index (χ2n) is 4.64. The monoisotopic (exact) mass is 242 g/mol. The Hall–Kier alpha value is -1.32. The van der Waals surface area contributed by atoms with Gasteiger partial charge in [-0.25, -0.2) is 4.79 Å². The zero-order valence-electron chi connectivity index (χ0n) is 11.1. The molecule has 0 amide bonds. The van der Waals surface area contributed by atoms with Gasteiger partial charge in [-0.15, -0.1) is 0 Å². The Balaban J connectivity index is 3.85. The van der Waals surface area contributed by atoms with E-state index in [1.54, 1.807) is 13.0 Å². The zero-order valence-corrected chi connectivity index (χ0v) is 11.1. The smallest absolute Gasteiger partial charge is 0.330 e. The molecule has 98 valence electrons. The lowest BCUT2D eigenvalue weighted by Gasteiger charge is -2.22. The molecular formula is C13H22O4. The van der Waals surface area contributed by atoms with Crippen LogP contribution in [-0.2, 0) is 19.1 Å². The lowest BCUT2D eigenvalue weighted by atomic mass is 9.89. The van der Waals surface area contributed by atoms with Crippen LogP contribution >= 0.6 is 0 Å². The van der Waals surface area contributed by atoms with Gasteiger partial charge >= 0.3 is 11.9 Å². The Morgan fingerprint density at radius 1 is 1.24 bits per heavy atom. The Morgan fingerprint density at radius 3 is 2.41 bits per heavy atom. The van der Waals surface area contributed by atoms with Gasteiger partial charge in [0.1, 0.15) is 0 Å². The van der Waals surface area contributed by atoms with Crippen molar-refractivity contribution in [3.8, 4) is 0 Å². The van der Waals surface area contributed by atoms with E-state index in [4.69, 9.17) is 9.47 Å². The van der Waals surface area contributed by atoms with Crippen molar-refractivity contribution < 1.29 is 19.1 Å². The minimum Gasteiger partial charge on any atom is -0.465 e. The van der Waals surface area contributed by atoms with Gasteiger partial charge in [0.05, 0.1) is 13.2 Å². The maximum Gasteiger partial charge on any atom is 0.330 e. The number of ether oxygens (including phenoxy) is 2. The fraction of sp³-hybridized carbons (Fsp3) is 0.692. The predicted molar refractivity (Wildman–Crippen MR) is 65.4 cm³/mol. The molecule has 0 aromatic rings. The van der Waals surface area contributed by atoms with Crippen molar-refractivity contribution in [1.82, 2.24) is 0 Å². The number of carbonyl (C=O) groups excluding carboxylic acids is 2. The van der Waals surface area contributed by atoms with Gasteiger partial charge in [-0.1, -0.05) is 19.9 Å². The maximum absolute atomic E-state index is 11.0. The average molecular weight is 242 g/mol. The number of esters is 2. The minimum absolute atomic E-state index is 0.0787. The van der Waals surface area contributed by atoms with Gasteiger partial charge in [-0.2, -0.15) is 0 Å². The van der Waals surface area contributed by atoms with Crippen LogP contribution in [0.1, 0.15) is 40.5 Å². The van der Waals surface area contributed by atoms with E-state index < -0.39 is 0 Å².